The predicted molar refractivity (Wildman–Crippen MR) is 83.5 cm³/mol. The number of benzene rings is 1. The van der Waals surface area contributed by atoms with Crippen LogP contribution in [0.5, 0.6) is 0 Å². The number of carbonyl (C=O) groups excluding carboxylic acids is 1. The van der Waals surface area contributed by atoms with Crippen molar-refractivity contribution in [1.29, 1.82) is 0 Å². The van der Waals surface area contributed by atoms with Crippen LogP contribution in [0.25, 0.3) is 0 Å². The van der Waals surface area contributed by atoms with Crippen LogP contribution < -0.4 is 10.6 Å². The number of hydrogen-bond acceptors (Lipinski definition) is 4. The first-order chi connectivity index (χ1) is 9.54. The highest BCUT2D eigenvalue weighted by Crippen LogP contribution is 2.27. The average molecular weight is 289 g/mol. The molecule has 0 saturated heterocycles. The maximum Gasteiger partial charge on any atom is 0.251 e. The van der Waals surface area contributed by atoms with Crippen LogP contribution in [-0.4, -0.2) is 17.9 Å². The SMILES string of the molecule is CNC(=O)c1cccc(NC(C)c2scnc2C)c1C. The topological polar surface area (TPSA) is 54.0 Å². The smallest absolute Gasteiger partial charge is 0.251 e. The summed E-state index contributed by atoms with van der Waals surface area (Å²) in [5.74, 6) is -0.0622. The van der Waals surface area contributed by atoms with Crippen molar-refractivity contribution < 1.29 is 4.79 Å². The molecule has 1 amide bonds. The number of aromatic nitrogens is 1. The summed E-state index contributed by atoms with van der Waals surface area (Å²) in [6, 6.07) is 5.89. The molecule has 1 unspecified atom stereocenters. The normalized spacial score (nSPS) is 12.0. The van der Waals surface area contributed by atoms with E-state index in [9.17, 15) is 4.79 Å². The molecule has 0 aliphatic carbocycles. The second-order valence-electron chi connectivity index (χ2n) is 4.73. The van der Waals surface area contributed by atoms with Gasteiger partial charge in [0.1, 0.15) is 0 Å². The number of nitrogens with one attached hydrogen (secondary N) is 2. The van der Waals surface area contributed by atoms with Gasteiger partial charge in [0.05, 0.1) is 17.2 Å². The Labute approximate surface area is 123 Å². The number of hydrogen-bond donors (Lipinski definition) is 2. The van der Waals surface area contributed by atoms with Gasteiger partial charge in [-0.3, -0.25) is 4.79 Å². The van der Waals surface area contributed by atoms with Crippen molar-refractivity contribution in [3.05, 3.63) is 45.4 Å². The van der Waals surface area contributed by atoms with Gasteiger partial charge in [-0.2, -0.15) is 0 Å². The lowest BCUT2D eigenvalue weighted by molar-refractivity contribution is 0.0962. The lowest BCUT2D eigenvalue weighted by Crippen LogP contribution is -2.19. The summed E-state index contributed by atoms with van der Waals surface area (Å²) >= 11 is 1.64. The number of nitrogens with zero attached hydrogens (tertiary/aromatic N) is 1. The Morgan fingerprint density at radius 2 is 2.10 bits per heavy atom. The summed E-state index contributed by atoms with van der Waals surface area (Å²) in [5, 5.41) is 6.13. The van der Waals surface area contributed by atoms with Crippen LogP contribution in [0, 0.1) is 13.8 Å². The molecule has 1 atom stereocenters. The van der Waals surface area contributed by atoms with E-state index in [0.29, 0.717) is 5.56 Å². The van der Waals surface area contributed by atoms with Gasteiger partial charge >= 0.3 is 0 Å². The Bertz CT molecular complexity index is 621. The van der Waals surface area contributed by atoms with E-state index in [1.165, 1.54) is 4.88 Å². The third-order valence-electron chi connectivity index (χ3n) is 3.35. The van der Waals surface area contributed by atoms with Crippen LogP contribution >= 0.6 is 11.3 Å². The van der Waals surface area contributed by atoms with Crippen LogP contribution in [0.3, 0.4) is 0 Å². The zero-order valence-electron chi connectivity index (χ0n) is 12.2. The van der Waals surface area contributed by atoms with E-state index in [1.807, 2.05) is 37.6 Å². The molecule has 1 aromatic heterocycles. The summed E-state index contributed by atoms with van der Waals surface area (Å²) in [6.45, 7) is 6.07. The predicted octanol–water partition coefficient (Wildman–Crippen LogP) is 3.29. The number of anilines is 1. The maximum atomic E-state index is 11.8. The van der Waals surface area contributed by atoms with Gasteiger partial charge in [0.15, 0.2) is 0 Å². The lowest BCUT2D eigenvalue weighted by Gasteiger charge is -2.18. The van der Waals surface area contributed by atoms with Gasteiger partial charge in [0.2, 0.25) is 0 Å². The fourth-order valence-electron chi connectivity index (χ4n) is 2.20. The van der Waals surface area contributed by atoms with Gasteiger partial charge in [0.25, 0.3) is 5.91 Å². The molecule has 5 heteroatoms. The van der Waals surface area contributed by atoms with Gasteiger partial charge < -0.3 is 10.6 Å². The minimum atomic E-state index is -0.0622. The average Bonchev–Trinajstić information content (AvgIpc) is 2.86. The summed E-state index contributed by atoms with van der Waals surface area (Å²) in [5.41, 5.74) is 5.55. The van der Waals surface area contributed by atoms with E-state index in [1.54, 1.807) is 18.4 Å². The molecule has 0 saturated carbocycles. The lowest BCUT2D eigenvalue weighted by atomic mass is 10.1. The monoisotopic (exact) mass is 289 g/mol. The second kappa shape index (κ2) is 6.05. The van der Waals surface area contributed by atoms with Crippen molar-refractivity contribution in [1.82, 2.24) is 10.3 Å². The number of rotatable bonds is 4. The maximum absolute atomic E-state index is 11.8. The Kier molecular flexibility index (Phi) is 4.39. The van der Waals surface area contributed by atoms with Crippen molar-refractivity contribution in [3.63, 3.8) is 0 Å². The van der Waals surface area contributed by atoms with Crippen molar-refractivity contribution in [2.75, 3.05) is 12.4 Å². The first-order valence-electron chi connectivity index (χ1n) is 6.52. The highest BCUT2D eigenvalue weighted by atomic mass is 32.1. The molecule has 0 aliphatic rings. The van der Waals surface area contributed by atoms with Crippen LogP contribution in [0.15, 0.2) is 23.7 Å². The highest BCUT2D eigenvalue weighted by molar-refractivity contribution is 7.09. The minimum Gasteiger partial charge on any atom is -0.377 e. The molecule has 2 aromatic rings. The van der Waals surface area contributed by atoms with Gasteiger partial charge in [-0.15, -0.1) is 11.3 Å². The van der Waals surface area contributed by atoms with Gasteiger partial charge in [-0.25, -0.2) is 4.98 Å². The van der Waals surface area contributed by atoms with Crippen LogP contribution in [-0.2, 0) is 0 Å². The molecule has 0 aliphatic heterocycles. The quantitative estimate of drug-likeness (QED) is 0.908. The van der Waals surface area contributed by atoms with E-state index >= 15 is 0 Å². The summed E-state index contributed by atoms with van der Waals surface area (Å²) < 4.78 is 0. The summed E-state index contributed by atoms with van der Waals surface area (Å²) in [7, 11) is 1.64. The van der Waals surface area contributed by atoms with Crippen LogP contribution in [0.2, 0.25) is 0 Å². The van der Waals surface area contributed by atoms with Crippen molar-refractivity contribution in [2.45, 2.75) is 26.8 Å². The Balaban J connectivity index is 2.26. The molecule has 2 rings (SSSR count). The standard InChI is InChI=1S/C15H19N3OS/c1-9-12(15(19)16-4)6-5-7-13(9)18-11(3)14-10(2)17-8-20-14/h5-8,11,18H,1-4H3,(H,16,19). The largest absolute Gasteiger partial charge is 0.377 e. The molecule has 106 valence electrons. The van der Waals surface area contributed by atoms with E-state index in [0.717, 1.165) is 16.9 Å². The Morgan fingerprint density at radius 3 is 2.70 bits per heavy atom. The molecule has 0 fully saturated rings. The van der Waals surface area contributed by atoms with E-state index in [2.05, 4.69) is 22.5 Å². The zero-order chi connectivity index (χ0) is 14.7. The molecule has 1 aromatic carbocycles. The number of carbonyl (C=O) groups is 1. The molecular weight excluding hydrogens is 270 g/mol. The van der Waals surface area contributed by atoms with Crippen molar-refractivity contribution >= 4 is 22.9 Å². The van der Waals surface area contributed by atoms with Crippen LogP contribution in [0.4, 0.5) is 5.69 Å². The van der Waals surface area contributed by atoms with Crippen LogP contribution in [0.1, 0.15) is 39.5 Å². The zero-order valence-corrected chi connectivity index (χ0v) is 13.0. The van der Waals surface area contributed by atoms with E-state index < -0.39 is 0 Å². The van der Waals surface area contributed by atoms with Gasteiger partial charge in [0, 0.05) is 23.2 Å². The van der Waals surface area contributed by atoms with Gasteiger partial charge in [-0.1, -0.05) is 6.07 Å². The fourth-order valence-corrected chi connectivity index (χ4v) is 3.01. The highest BCUT2D eigenvalue weighted by Gasteiger charge is 2.14. The first-order valence-corrected chi connectivity index (χ1v) is 7.40. The summed E-state index contributed by atoms with van der Waals surface area (Å²) in [4.78, 5) is 17.3. The second-order valence-corrected chi connectivity index (χ2v) is 5.61. The number of aryl methyl sites for hydroxylation is 1. The molecule has 2 N–H and O–H groups in total. The minimum absolute atomic E-state index is 0.0622. The third-order valence-corrected chi connectivity index (χ3v) is 4.47. The molecule has 1 heterocycles. The van der Waals surface area contributed by atoms with E-state index in [4.69, 9.17) is 0 Å². The molecule has 0 spiro atoms. The first kappa shape index (κ1) is 14.5. The molecule has 20 heavy (non-hydrogen) atoms. The molecule has 0 bridgehead atoms. The fraction of sp³-hybridized carbons (Fsp3) is 0.333. The van der Waals surface area contributed by atoms with E-state index in [-0.39, 0.29) is 11.9 Å². The van der Waals surface area contributed by atoms with Gasteiger partial charge in [-0.05, 0) is 38.5 Å². The summed E-state index contributed by atoms with van der Waals surface area (Å²) in [6.07, 6.45) is 0. The number of amides is 1. The molecular formula is C15H19N3OS. The van der Waals surface area contributed by atoms with Crippen molar-refractivity contribution in [2.24, 2.45) is 0 Å². The Hall–Kier alpha value is -1.88. The molecule has 0 radical (unpaired) electrons. The molecule has 4 nitrogen and oxygen atoms in total. The number of thiazole rings is 1. The van der Waals surface area contributed by atoms with Crippen molar-refractivity contribution in [3.8, 4) is 0 Å². The Morgan fingerprint density at radius 1 is 1.35 bits per heavy atom. The third kappa shape index (κ3) is 2.82.